The zero-order chi connectivity index (χ0) is 18.4. The molecular weight excluding hydrogens is 332 g/mol. The average Bonchev–Trinajstić information content (AvgIpc) is 3.15. The van der Waals surface area contributed by atoms with E-state index in [2.05, 4.69) is 30.9 Å². The van der Waals surface area contributed by atoms with Crippen molar-refractivity contribution in [2.75, 3.05) is 5.32 Å². The Morgan fingerprint density at radius 3 is 2.35 bits per heavy atom. The summed E-state index contributed by atoms with van der Waals surface area (Å²) in [6.45, 7) is 3.33. The molecule has 8 nitrogen and oxygen atoms in total. The number of aromatic nitrogens is 5. The van der Waals surface area contributed by atoms with E-state index in [-0.39, 0.29) is 11.9 Å². The molecule has 1 amide bonds. The van der Waals surface area contributed by atoms with Crippen LogP contribution in [0.1, 0.15) is 25.0 Å². The Kier molecular flexibility index (Phi) is 5.02. The average molecular weight is 350 g/mol. The van der Waals surface area contributed by atoms with Crippen molar-refractivity contribution in [1.82, 2.24) is 25.6 Å². The van der Waals surface area contributed by atoms with Gasteiger partial charge in [-0.1, -0.05) is 29.4 Å². The summed E-state index contributed by atoms with van der Waals surface area (Å²) >= 11 is 0. The number of ether oxygens (including phenoxy) is 1. The molecule has 0 aliphatic rings. The Bertz CT molecular complexity index is 874. The molecule has 0 aliphatic heterocycles. The van der Waals surface area contributed by atoms with Crippen LogP contribution in [0.15, 0.2) is 48.8 Å². The molecule has 1 aromatic carbocycles. The van der Waals surface area contributed by atoms with Crippen LogP contribution in [-0.4, -0.2) is 37.1 Å². The molecule has 26 heavy (non-hydrogen) atoms. The predicted molar refractivity (Wildman–Crippen MR) is 97.1 cm³/mol. The summed E-state index contributed by atoms with van der Waals surface area (Å²) in [4.78, 5) is 16.3. The van der Waals surface area contributed by atoms with E-state index in [1.807, 2.05) is 48.6 Å². The van der Waals surface area contributed by atoms with Gasteiger partial charge in [-0.25, -0.2) is 0 Å². The van der Waals surface area contributed by atoms with Crippen molar-refractivity contribution in [1.29, 1.82) is 0 Å². The molecule has 0 radical (unpaired) electrons. The molecule has 0 atom stereocenters. The Hall–Kier alpha value is -3.55. The summed E-state index contributed by atoms with van der Waals surface area (Å²) in [5.74, 6) is 0.308. The topological polar surface area (TPSA) is 106 Å². The molecule has 0 aliphatic carbocycles. The Morgan fingerprint density at radius 1 is 1.08 bits per heavy atom. The van der Waals surface area contributed by atoms with Crippen LogP contribution in [0.25, 0.3) is 12.2 Å². The van der Waals surface area contributed by atoms with Gasteiger partial charge in [-0.05, 0) is 54.5 Å². The van der Waals surface area contributed by atoms with Gasteiger partial charge in [0.05, 0.1) is 0 Å². The fourth-order valence-corrected chi connectivity index (χ4v) is 2.12. The van der Waals surface area contributed by atoms with Crippen LogP contribution in [0, 0.1) is 0 Å². The number of carbonyl (C=O) groups is 1. The Labute approximate surface area is 150 Å². The minimum Gasteiger partial charge on any atom is -0.478 e. The van der Waals surface area contributed by atoms with Crippen LogP contribution in [0.4, 0.5) is 5.95 Å². The minimum absolute atomic E-state index is 0.100. The van der Waals surface area contributed by atoms with Crippen molar-refractivity contribution >= 4 is 24.0 Å². The molecule has 0 saturated heterocycles. The number of anilines is 1. The maximum absolute atomic E-state index is 12.3. The van der Waals surface area contributed by atoms with Crippen LogP contribution in [0.5, 0.6) is 5.75 Å². The first-order chi connectivity index (χ1) is 12.5. The van der Waals surface area contributed by atoms with Crippen molar-refractivity contribution in [3.05, 3.63) is 59.9 Å². The second-order valence-electron chi connectivity index (χ2n) is 5.98. The smallest absolute Gasteiger partial charge is 0.270 e. The number of aromatic amines is 1. The molecule has 2 aromatic heterocycles. The lowest BCUT2D eigenvalue weighted by Gasteiger charge is -2.24. The summed E-state index contributed by atoms with van der Waals surface area (Å²) in [6, 6.07) is 11.3. The van der Waals surface area contributed by atoms with E-state index < -0.39 is 5.60 Å². The third-order valence-corrected chi connectivity index (χ3v) is 3.54. The molecule has 0 fully saturated rings. The SMILES string of the molecule is CC(C)(Oc1ccc(/C=C/c2ccncc2)cc1)C(=O)Nc1nn[nH]n1. The van der Waals surface area contributed by atoms with Gasteiger partial charge in [-0.15, -0.1) is 5.10 Å². The highest BCUT2D eigenvalue weighted by atomic mass is 16.5. The highest BCUT2D eigenvalue weighted by Gasteiger charge is 2.30. The van der Waals surface area contributed by atoms with Gasteiger partial charge in [0.15, 0.2) is 5.60 Å². The van der Waals surface area contributed by atoms with E-state index in [0.717, 1.165) is 11.1 Å². The second kappa shape index (κ2) is 7.56. The fourth-order valence-electron chi connectivity index (χ4n) is 2.12. The fraction of sp³-hybridized carbons (Fsp3) is 0.167. The molecule has 0 unspecified atom stereocenters. The Morgan fingerprint density at radius 2 is 1.73 bits per heavy atom. The molecule has 3 rings (SSSR count). The summed E-state index contributed by atoms with van der Waals surface area (Å²) < 4.78 is 5.80. The van der Waals surface area contributed by atoms with E-state index in [1.165, 1.54) is 0 Å². The molecule has 0 spiro atoms. The number of pyridine rings is 1. The highest BCUT2D eigenvalue weighted by molar-refractivity contribution is 5.95. The van der Waals surface area contributed by atoms with E-state index >= 15 is 0 Å². The van der Waals surface area contributed by atoms with Crippen molar-refractivity contribution in [3.63, 3.8) is 0 Å². The Balaban J connectivity index is 1.62. The van der Waals surface area contributed by atoms with Gasteiger partial charge in [-0.2, -0.15) is 5.21 Å². The van der Waals surface area contributed by atoms with Gasteiger partial charge in [0.1, 0.15) is 5.75 Å². The number of H-pyrrole nitrogens is 1. The first-order valence-corrected chi connectivity index (χ1v) is 7.95. The molecule has 2 heterocycles. The highest BCUT2D eigenvalue weighted by Crippen LogP contribution is 2.21. The van der Waals surface area contributed by atoms with Gasteiger partial charge in [-0.3, -0.25) is 15.1 Å². The van der Waals surface area contributed by atoms with Crippen LogP contribution in [-0.2, 0) is 4.79 Å². The van der Waals surface area contributed by atoms with E-state index in [0.29, 0.717) is 5.75 Å². The van der Waals surface area contributed by atoms with Crippen molar-refractivity contribution in [2.45, 2.75) is 19.4 Å². The number of nitrogens with one attached hydrogen (secondary N) is 2. The van der Waals surface area contributed by atoms with Gasteiger partial charge >= 0.3 is 0 Å². The molecule has 0 saturated carbocycles. The van der Waals surface area contributed by atoms with Gasteiger partial charge in [0.25, 0.3) is 11.9 Å². The van der Waals surface area contributed by atoms with Crippen LogP contribution < -0.4 is 10.1 Å². The summed E-state index contributed by atoms with van der Waals surface area (Å²) in [6.07, 6.45) is 7.49. The first-order valence-electron chi connectivity index (χ1n) is 7.95. The van der Waals surface area contributed by atoms with E-state index in [9.17, 15) is 4.79 Å². The van der Waals surface area contributed by atoms with Crippen molar-refractivity contribution in [3.8, 4) is 5.75 Å². The number of amides is 1. The maximum atomic E-state index is 12.3. The molecule has 3 aromatic rings. The van der Waals surface area contributed by atoms with Crippen LogP contribution >= 0.6 is 0 Å². The minimum atomic E-state index is -1.10. The number of benzene rings is 1. The molecule has 2 N–H and O–H groups in total. The molecule has 0 bridgehead atoms. The largest absolute Gasteiger partial charge is 0.478 e. The second-order valence-corrected chi connectivity index (χ2v) is 5.98. The van der Waals surface area contributed by atoms with Gasteiger partial charge in [0.2, 0.25) is 0 Å². The number of carbonyl (C=O) groups excluding carboxylic acids is 1. The third kappa shape index (κ3) is 4.50. The maximum Gasteiger partial charge on any atom is 0.270 e. The van der Waals surface area contributed by atoms with Crippen molar-refractivity contribution in [2.24, 2.45) is 0 Å². The molecule has 132 valence electrons. The van der Waals surface area contributed by atoms with Gasteiger partial charge < -0.3 is 4.74 Å². The first kappa shape index (κ1) is 17.3. The third-order valence-electron chi connectivity index (χ3n) is 3.54. The van der Waals surface area contributed by atoms with Crippen LogP contribution in [0.2, 0.25) is 0 Å². The van der Waals surface area contributed by atoms with Gasteiger partial charge in [0, 0.05) is 12.4 Å². The predicted octanol–water partition coefficient (Wildman–Crippen LogP) is 2.56. The number of rotatable bonds is 6. The lowest BCUT2D eigenvalue weighted by molar-refractivity contribution is -0.128. The summed E-state index contributed by atoms with van der Waals surface area (Å²) in [5.41, 5.74) is 0.984. The monoisotopic (exact) mass is 350 g/mol. The number of tetrazole rings is 1. The van der Waals surface area contributed by atoms with E-state index in [1.54, 1.807) is 26.2 Å². The molecule has 8 heteroatoms. The number of nitrogens with zero attached hydrogens (tertiary/aromatic N) is 4. The lowest BCUT2D eigenvalue weighted by Crippen LogP contribution is -2.42. The summed E-state index contributed by atoms with van der Waals surface area (Å²) in [5, 5.41) is 15.6. The van der Waals surface area contributed by atoms with E-state index in [4.69, 9.17) is 4.74 Å². The van der Waals surface area contributed by atoms with Crippen molar-refractivity contribution < 1.29 is 9.53 Å². The standard InChI is InChI=1S/C18H18N6O2/c1-18(2,16(25)20-17-21-23-24-22-17)26-15-7-5-13(6-8-15)3-4-14-9-11-19-12-10-14/h3-12H,1-2H3,(H2,20,21,22,23,24,25)/b4-3+. The lowest BCUT2D eigenvalue weighted by atomic mass is 10.1. The zero-order valence-corrected chi connectivity index (χ0v) is 14.4. The summed E-state index contributed by atoms with van der Waals surface area (Å²) in [7, 11) is 0. The molecular formula is C18H18N6O2. The zero-order valence-electron chi connectivity index (χ0n) is 14.4. The van der Waals surface area contributed by atoms with Crippen LogP contribution in [0.3, 0.4) is 0 Å². The normalized spacial score (nSPS) is 11.5. The quantitative estimate of drug-likeness (QED) is 0.708. The number of hydrogen-bond donors (Lipinski definition) is 2. The number of hydrogen-bond acceptors (Lipinski definition) is 6.